The number of aromatic hydroxyl groups is 1. The van der Waals surface area contributed by atoms with E-state index in [1.807, 2.05) is 0 Å². The summed E-state index contributed by atoms with van der Waals surface area (Å²) in [6, 6.07) is 6.96. The maximum Gasteiger partial charge on any atom is 0.255 e. The van der Waals surface area contributed by atoms with Gasteiger partial charge in [0.05, 0.1) is 29.3 Å². The van der Waals surface area contributed by atoms with E-state index >= 15 is 0 Å². The van der Waals surface area contributed by atoms with Gasteiger partial charge in [-0.2, -0.15) is 0 Å². The van der Waals surface area contributed by atoms with Crippen LogP contribution in [0.1, 0.15) is 28.8 Å². The molecule has 6 atom stereocenters. The molecule has 0 bridgehead atoms. The number of phenols is 1. The lowest BCUT2D eigenvalue weighted by Gasteiger charge is -2.53. The van der Waals surface area contributed by atoms with E-state index in [-0.39, 0.29) is 11.1 Å². The molecule has 38 heavy (non-hydrogen) atoms. The summed E-state index contributed by atoms with van der Waals surface area (Å²) in [5.41, 5.74) is 1.87. The molecule has 0 spiro atoms. The Bertz CT molecular complexity index is 1460. The van der Waals surface area contributed by atoms with Crippen molar-refractivity contribution in [3.63, 3.8) is 0 Å². The Morgan fingerprint density at radius 2 is 1.79 bits per heavy atom. The van der Waals surface area contributed by atoms with E-state index < -0.39 is 81.4 Å². The third-order valence-corrected chi connectivity index (χ3v) is 8.07. The number of aromatic nitrogens is 1. The van der Waals surface area contributed by atoms with E-state index in [2.05, 4.69) is 4.98 Å². The van der Waals surface area contributed by atoms with E-state index in [0.717, 1.165) is 0 Å². The van der Waals surface area contributed by atoms with Crippen LogP contribution in [-0.2, 0) is 9.59 Å². The topological polar surface area (TPSA) is 195 Å². The number of likely N-dealkylation sites (N-methyl/N-ethyl adjacent to an activating group) is 1. The molecule has 198 valence electrons. The summed E-state index contributed by atoms with van der Waals surface area (Å²) in [5.74, 6) is -9.20. The number of carbonyl (C=O) groups is 3. The van der Waals surface area contributed by atoms with Gasteiger partial charge in [-0.25, -0.2) is 0 Å². The summed E-state index contributed by atoms with van der Waals surface area (Å²) in [4.78, 5) is 45.0. The summed E-state index contributed by atoms with van der Waals surface area (Å²) in [6.07, 6.45) is -0.116. The number of aliphatic hydroxyl groups excluding tert-OH is 3. The first-order chi connectivity index (χ1) is 17.8. The summed E-state index contributed by atoms with van der Waals surface area (Å²) in [5, 5.41) is 56.8. The molecule has 2 aromatic rings. The molecular weight excluding hydrogens is 494 g/mol. The van der Waals surface area contributed by atoms with Gasteiger partial charge in [0.15, 0.2) is 11.4 Å². The zero-order chi connectivity index (χ0) is 27.8. The van der Waals surface area contributed by atoms with E-state index in [0.29, 0.717) is 11.3 Å². The number of benzene rings is 1. The SMILES string of the molecule is C[C@@H]1c2ccc(-c3ccccn3)c(O)c2C(=O)C2=C(O)[C@@]3(O)C(=O)C(C(N)=O)=C(O)[C@H](N(C)C)[C@H]3[C@H](O)[C@H]21. The predicted octanol–water partition coefficient (Wildman–Crippen LogP) is 0.714. The molecule has 11 heteroatoms. The molecule has 1 aromatic carbocycles. The van der Waals surface area contributed by atoms with Gasteiger partial charge in [0, 0.05) is 23.3 Å². The van der Waals surface area contributed by atoms with Crippen LogP contribution < -0.4 is 5.73 Å². The fraction of sp³-hybridized carbons (Fsp3) is 0.333. The number of fused-ring (bicyclic) bond motifs is 3. The van der Waals surface area contributed by atoms with Gasteiger partial charge in [0.25, 0.3) is 5.91 Å². The van der Waals surface area contributed by atoms with Crippen LogP contribution in [0.3, 0.4) is 0 Å². The standard InChI is InChI=1S/C27H27N3O8/c1-10-11-7-8-12(13-6-4-5-9-29-13)20(31)15(11)21(32)16-14(10)22(33)18-19(30(2)3)23(34)17(26(28)37)25(36)27(18,38)24(16)35/h4-10,14,18-19,22,31,33-35,38H,1-3H3,(H2,28,37)/t10-,14+,18+,19-,22-,27-/m1/s1. The molecule has 0 fully saturated rings. The minimum Gasteiger partial charge on any atom is -0.510 e. The highest BCUT2D eigenvalue weighted by Gasteiger charge is 2.67. The van der Waals surface area contributed by atoms with Gasteiger partial charge in [-0.3, -0.25) is 24.3 Å². The third kappa shape index (κ3) is 3.12. The Morgan fingerprint density at radius 3 is 2.37 bits per heavy atom. The zero-order valence-electron chi connectivity index (χ0n) is 20.8. The van der Waals surface area contributed by atoms with Gasteiger partial charge < -0.3 is 31.3 Å². The van der Waals surface area contributed by atoms with Crippen LogP contribution in [0.2, 0.25) is 0 Å². The van der Waals surface area contributed by atoms with E-state index in [4.69, 9.17) is 5.73 Å². The molecule has 0 saturated carbocycles. The highest BCUT2D eigenvalue weighted by atomic mass is 16.4. The Kier molecular flexibility index (Phi) is 5.71. The monoisotopic (exact) mass is 521 g/mol. The van der Waals surface area contributed by atoms with Crippen LogP contribution in [-0.4, -0.2) is 84.7 Å². The molecule has 1 heterocycles. The molecule has 5 rings (SSSR count). The molecule has 3 aliphatic carbocycles. The van der Waals surface area contributed by atoms with Crippen LogP contribution >= 0.6 is 0 Å². The van der Waals surface area contributed by atoms with Gasteiger partial charge in [0.2, 0.25) is 5.78 Å². The lowest BCUT2D eigenvalue weighted by molar-refractivity contribution is -0.162. The second kappa shape index (κ2) is 8.48. The molecule has 1 amide bonds. The van der Waals surface area contributed by atoms with Crippen molar-refractivity contribution in [2.24, 2.45) is 17.6 Å². The number of ketones is 2. The molecule has 0 saturated heterocycles. The number of aliphatic hydroxyl groups is 4. The van der Waals surface area contributed by atoms with Crippen molar-refractivity contribution >= 4 is 17.5 Å². The van der Waals surface area contributed by atoms with Gasteiger partial charge in [-0.15, -0.1) is 0 Å². The molecule has 1 aromatic heterocycles. The first kappa shape index (κ1) is 25.6. The number of hydrogen-bond acceptors (Lipinski definition) is 10. The number of pyridine rings is 1. The van der Waals surface area contributed by atoms with Crippen molar-refractivity contribution in [3.05, 3.63) is 70.3 Å². The number of nitrogens with zero attached hydrogens (tertiary/aromatic N) is 2. The Labute approximate surface area is 217 Å². The van der Waals surface area contributed by atoms with Crippen molar-refractivity contribution in [2.75, 3.05) is 14.1 Å². The average molecular weight is 522 g/mol. The maximum absolute atomic E-state index is 13.9. The lowest BCUT2D eigenvalue weighted by Crippen LogP contribution is -2.68. The largest absolute Gasteiger partial charge is 0.510 e. The van der Waals surface area contributed by atoms with Crippen molar-refractivity contribution < 1.29 is 39.9 Å². The average Bonchev–Trinajstić information content (AvgIpc) is 2.86. The molecule has 0 aliphatic heterocycles. The quantitative estimate of drug-likeness (QED) is 0.313. The van der Waals surface area contributed by atoms with Crippen LogP contribution in [0.15, 0.2) is 59.2 Å². The lowest BCUT2D eigenvalue weighted by atomic mass is 9.55. The number of carbonyl (C=O) groups excluding carboxylic acids is 3. The van der Waals surface area contributed by atoms with E-state index in [9.17, 15) is 39.9 Å². The highest BCUT2D eigenvalue weighted by molar-refractivity contribution is 6.25. The number of amides is 1. The predicted molar refractivity (Wildman–Crippen MR) is 133 cm³/mol. The second-order valence-corrected chi connectivity index (χ2v) is 10.2. The smallest absolute Gasteiger partial charge is 0.255 e. The molecule has 7 N–H and O–H groups in total. The van der Waals surface area contributed by atoms with Crippen LogP contribution in [0, 0.1) is 11.8 Å². The van der Waals surface area contributed by atoms with Crippen molar-refractivity contribution in [1.29, 1.82) is 0 Å². The minimum atomic E-state index is -2.95. The molecule has 0 unspecified atom stereocenters. The fourth-order valence-electron chi connectivity index (χ4n) is 6.35. The van der Waals surface area contributed by atoms with Crippen molar-refractivity contribution in [3.8, 4) is 17.0 Å². The van der Waals surface area contributed by atoms with Crippen LogP contribution in [0.25, 0.3) is 11.3 Å². The second-order valence-electron chi connectivity index (χ2n) is 10.2. The summed E-state index contributed by atoms with van der Waals surface area (Å²) >= 11 is 0. The molecule has 11 nitrogen and oxygen atoms in total. The minimum absolute atomic E-state index is 0.159. The maximum atomic E-state index is 13.9. The molecular formula is C27H27N3O8. The number of nitrogens with two attached hydrogens (primary N) is 1. The van der Waals surface area contributed by atoms with Crippen molar-refractivity contribution in [1.82, 2.24) is 9.88 Å². The first-order valence-electron chi connectivity index (χ1n) is 12.0. The first-order valence-corrected chi connectivity index (χ1v) is 12.0. The fourth-order valence-corrected chi connectivity index (χ4v) is 6.35. The third-order valence-electron chi connectivity index (χ3n) is 8.07. The molecule has 0 radical (unpaired) electrons. The van der Waals surface area contributed by atoms with Crippen LogP contribution in [0.5, 0.6) is 5.75 Å². The number of Topliss-reactive ketones (excluding diaryl/α,β-unsaturated/α-hetero) is 2. The zero-order valence-corrected chi connectivity index (χ0v) is 20.8. The number of primary amides is 1. The summed E-state index contributed by atoms with van der Waals surface area (Å²) in [6.45, 7) is 1.68. The highest BCUT2D eigenvalue weighted by Crippen LogP contribution is 2.56. The number of rotatable bonds is 3. The number of phenolic OH excluding ortho intramolecular Hbond substituents is 1. The van der Waals surface area contributed by atoms with E-state index in [1.54, 1.807) is 37.3 Å². The van der Waals surface area contributed by atoms with Crippen LogP contribution in [0.4, 0.5) is 0 Å². The normalized spacial score (nSPS) is 30.7. The Morgan fingerprint density at radius 1 is 1.11 bits per heavy atom. The van der Waals surface area contributed by atoms with Gasteiger partial charge >= 0.3 is 0 Å². The Hall–Kier alpha value is -4.06. The van der Waals surface area contributed by atoms with Gasteiger partial charge in [-0.1, -0.05) is 19.1 Å². The Balaban J connectivity index is 1.78. The van der Waals surface area contributed by atoms with E-state index in [1.165, 1.54) is 25.2 Å². The number of hydrogen-bond donors (Lipinski definition) is 6. The van der Waals surface area contributed by atoms with Gasteiger partial charge in [0.1, 0.15) is 22.8 Å². The molecule has 3 aliphatic rings. The van der Waals surface area contributed by atoms with Crippen molar-refractivity contribution in [2.45, 2.75) is 30.6 Å². The van der Waals surface area contributed by atoms with Gasteiger partial charge in [-0.05, 0) is 43.8 Å². The summed E-state index contributed by atoms with van der Waals surface area (Å²) in [7, 11) is 2.97. The summed E-state index contributed by atoms with van der Waals surface area (Å²) < 4.78 is 0.